The van der Waals surface area contributed by atoms with Gasteiger partial charge in [-0.3, -0.25) is 0 Å². The third-order valence-corrected chi connectivity index (χ3v) is 1.80. The molecule has 0 saturated heterocycles. The number of carbonyl (C=O) groups excluding carboxylic acids is 1. The molecule has 0 radical (unpaired) electrons. The van der Waals surface area contributed by atoms with Crippen molar-refractivity contribution >= 4 is 17.6 Å². The molecule has 5 heteroatoms. The molecule has 0 rings (SSSR count). The molecular weight excluding hydrogens is 208 g/mol. The van der Waals surface area contributed by atoms with Gasteiger partial charge < -0.3 is 4.74 Å². The van der Waals surface area contributed by atoms with E-state index >= 15 is 0 Å². The van der Waals surface area contributed by atoms with Crippen molar-refractivity contribution < 1.29 is 19.3 Å². The van der Waals surface area contributed by atoms with Crippen LogP contribution in [0.15, 0.2) is 12.7 Å². The van der Waals surface area contributed by atoms with Crippen LogP contribution in [0.5, 0.6) is 0 Å². The lowest BCUT2D eigenvalue weighted by atomic mass is 10.2. The van der Waals surface area contributed by atoms with Crippen LogP contribution in [0, 0.1) is 5.92 Å². The van der Waals surface area contributed by atoms with E-state index in [1.807, 2.05) is 6.92 Å². The molecule has 0 N–H and O–H groups in total. The molecule has 0 heterocycles. The Kier molecular flexibility index (Phi) is 8.62. The standard InChI is InChI=1S/C9H15ClO4/c1-3-9(11)12-4-5-13-14-7-8(2)6-10/h3,8H,1,4-7H2,2H3. The number of rotatable bonds is 8. The topological polar surface area (TPSA) is 44.8 Å². The predicted octanol–water partition coefficient (Wildman–Crippen LogP) is 1.54. The first kappa shape index (κ1) is 13.4. The summed E-state index contributed by atoms with van der Waals surface area (Å²) in [5.41, 5.74) is 0. The quantitative estimate of drug-likeness (QED) is 0.156. The molecule has 4 nitrogen and oxygen atoms in total. The highest BCUT2D eigenvalue weighted by Gasteiger charge is 2.00. The minimum Gasteiger partial charge on any atom is -0.460 e. The zero-order valence-corrected chi connectivity index (χ0v) is 8.96. The van der Waals surface area contributed by atoms with Gasteiger partial charge in [-0.05, 0) is 5.92 Å². The highest BCUT2D eigenvalue weighted by Crippen LogP contribution is 1.98. The summed E-state index contributed by atoms with van der Waals surface area (Å²) in [5.74, 6) is 0.296. The summed E-state index contributed by atoms with van der Waals surface area (Å²) in [6.07, 6.45) is 1.09. The number of carbonyl (C=O) groups is 1. The van der Waals surface area contributed by atoms with Crippen molar-refractivity contribution in [1.29, 1.82) is 0 Å². The van der Waals surface area contributed by atoms with E-state index < -0.39 is 5.97 Å². The van der Waals surface area contributed by atoms with E-state index in [1.54, 1.807) is 0 Å². The van der Waals surface area contributed by atoms with Crippen LogP contribution in [0.3, 0.4) is 0 Å². The normalized spacial score (nSPS) is 12.1. The van der Waals surface area contributed by atoms with Crippen LogP contribution in [-0.4, -0.2) is 31.7 Å². The molecule has 0 aliphatic heterocycles. The Balaban J connectivity index is 3.14. The van der Waals surface area contributed by atoms with Gasteiger partial charge in [-0.25, -0.2) is 14.6 Å². The summed E-state index contributed by atoms with van der Waals surface area (Å²) >= 11 is 5.54. The average Bonchev–Trinajstić information content (AvgIpc) is 2.22. The van der Waals surface area contributed by atoms with Gasteiger partial charge in [0.1, 0.15) is 13.2 Å². The first-order valence-electron chi connectivity index (χ1n) is 4.30. The Morgan fingerprint density at radius 1 is 1.50 bits per heavy atom. The molecule has 0 bridgehead atoms. The van der Waals surface area contributed by atoms with Gasteiger partial charge in [0.05, 0.1) is 6.61 Å². The molecule has 0 aliphatic rings. The van der Waals surface area contributed by atoms with Gasteiger partial charge >= 0.3 is 5.97 Å². The summed E-state index contributed by atoms with van der Waals surface area (Å²) in [6, 6.07) is 0. The minimum absolute atomic E-state index is 0.153. The summed E-state index contributed by atoms with van der Waals surface area (Å²) in [7, 11) is 0. The molecular formula is C9H15ClO4. The zero-order chi connectivity index (χ0) is 10.8. The Morgan fingerprint density at radius 2 is 2.21 bits per heavy atom. The van der Waals surface area contributed by atoms with Gasteiger partial charge in [-0.2, -0.15) is 0 Å². The second-order valence-electron chi connectivity index (χ2n) is 2.74. The zero-order valence-electron chi connectivity index (χ0n) is 8.20. The highest BCUT2D eigenvalue weighted by molar-refractivity contribution is 6.18. The second-order valence-corrected chi connectivity index (χ2v) is 3.05. The van der Waals surface area contributed by atoms with Crippen LogP contribution in [0.4, 0.5) is 0 Å². The average molecular weight is 223 g/mol. The molecule has 0 saturated carbocycles. The van der Waals surface area contributed by atoms with Gasteiger partial charge in [0.2, 0.25) is 0 Å². The molecule has 82 valence electrons. The second kappa shape index (κ2) is 8.99. The third kappa shape index (κ3) is 8.04. The first-order valence-corrected chi connectivity index (χ1v) is 4.83. The van der Waals surface area contributed by atoms with Gasteiger partial charge in [-0.15, -0.1) is 11.6 Å². The number of esters is 1. The van der Waals surface area contributed by atoms with Crippen molar-refractivity contribution in [2.75, 3.05) is 25.7 Å². The van der Waals surface area contributed by atoms with E-state index in [9.17, 15) is 4.79 Å². The van der Waals surface area contributed by atoms with Gasteiger partial charge in [-0.1, -0.05) is 13.5 Å². The Labute approximate surface area is 88.7 Å². The van der Waals surface area contributed by atoms with Crippen molar-refractivity contribution in [1.82, 2.24) is 0 Å². The smallest absolute Gasteiger partial charge is 0.330 e. The van der Waals surface area contributed by atoms with E-state index in [2.05, 4.69) is 11.3 Å². The molecule has 1 unspecified atom stereocenters. The van der Waals surface area contributed by atoms with Gasteiger partial charge in [0.25, 0.3) is 0 Å². The van der Waals surface area contributed by atoms with Crippen LogP contribution in [0.25, 0.3) is 0 Å². The lowest BCUT2D eigenvalue weighted by molar-refractivity contribution is -0.302. The Morgan fingerprint density at radius 3 is 2.79 bits per heavy atom. The van der Waals surface area contributed by atoms with Crippen molar-refractivity contribution in [2.24, 2.45) is 5.92 Å². The molecule has 1 atom stereocenters. The number of hydrogen-bond donors (Lipinski definition) is 0. The fourth-order valence-electron chi connectivity index (χ4n) is 0.503. The third-order valence-electron chi connectivity index (χ3n) is 1.28. The first-order chi connectivity index (χ1) is 6.70. The number of ether oxygens (including phenoxy) is 1. The maximum Gasteiger partial charge on any atom is 0.330 e. The van der Waals surface area contributed by atoms with E-state index in [-0.39, 0.29) is 19.1 Å². The molecule has 0 aromatic heterocycles. The fraction of sp³-hybridized carbons (Fsp3) is 0.667. The van der Waals surface area contributed by atoms with Crippen LogP contribution in [0.2, 0.25) is 0 Å². The SMILES string of the molecule is C=CC(=O)OCCOOCC(C)CCl. The van der Waals surface area contributed by atoms with E-state index in [0.717, 1.165) is 6.08 Å². The van der Waals surface area contributed by atoms with Crippen molar-refractivity contribution in [3.05, 3.63) is 12.7 Å². The van der Waals surface area contributed by atoms with Crippen molar-refractivity contribution in [3.8, 4) is 0 Å². The maximum atomic E-state index is 10.5. The molecule has 0 aromatic carbocycles. The van der Waals surface area contributed by atoms with Gasteiger partial charge in [0.15, 0.2) is 0 Å². The van der Waals surface area contributed by atoms with E-state index in [1.165, 1.54) is 0 Å². The molecule has 14 heavy (non-hydrogen) atoms. The van der Waals surface area contributed by atoms with Crippen molar-refractivity contribution in [2.45, 2.75) is 6.92 Å². The van der Waals surface area contributed by atoms with Crippen LogP contribution >= 0.6 is 11.6 Å². The van der Waals surface area contributed by atoms with Crippen LogP contribution < -0.4 is 0 Å². The maximum absolute atomic E-state index is 10.5. The highest BCUT2D eigenvalue weighted by atomic mass is 35.5. The summed E-state index contributed by atoms with van der Waals surface area (Å²) < 4.78 is 4.64. The molecule has 0 fully saturated rings. The lowest BCUT2D eigenvalue weighted by Crippen LogP contribution is -2.12. The lowest BCUT2D eigenvalue weighted by Gasteiger charge is -2.07. The van der Waals surface area contributed by atoms with Crippen LogP contribution in [-0.2, 0) is 19.3 Å². The number of hydrogen-bond acceptors (Lipinski definition) is 4. The largest absolute Gasteiger partial charge is 0.460 e. The summed E-state index contributed by atoms with van der Waals surface area (Å²) in [6.45, 7) is 5.97. The van der Waals surface area contributed by atoms with Gasteiger partial charge in [0, 0.05) is 12.0 Å². The van der Waals surface area contributed by atoms with Crippen molar-refractivity contribution in [3.63, 3.8) is 0 Å². The monoisotopic (exact) mass is 222 g/mol. The molecule has 0 aromatic rings. The van der Waals surface area contributed by atoms with Crippen LogP contribution in [0.1, 0.15) is 6.92 Å². The van der Waals surface area contributed by atoms with E-state index in [0.29, 0.717) is 12.5 Å². The minimum atomic E-state index is -0.470. The number of halogens is 1. The Bertz CT molecular complexity index is 172. The molecule has 0 amide bonds. The summed E-state index contributed by atoms with van der Waals surface area (Å²) in [5, 5.41) is 0. The Hall–Kier alpha value is -0.580. The number of alkyl halides is 1. The molecule has 0 aliphatic carbocycles. The predicted molar refractivity (Wildman–Crippen MR) is 52.9 cm³/mol. The summed E-state index contributed by atoms with van der Waals surface area (Å²) in [4.78, 5) is 20.1. The fourth-order valence-corrected chi connectivity index (χ4v) is 0.592. The van der Waals surface area contributed by atoms with E-state index in [4.69, 9.17) is 21.4 Å². The molecule has 0 spiro atoms.